The molecule has 4 fully saturated rings. The summed E-state index contributed by atoms with van der Waals surface area (Å²) < 4.78 is 11.5. The van der Waals surface area contributed by atoms with Crippen LogP contribution < -0.4 is 0 Å². The van der Waals surface area contributed by atoms with Crippen LogP contribution in [-0.2, 0) is 19.1 Å². The largest absolute Gasteiger partial charge is 0.462 e. The molecule has 0 aromatic rings. The van der Waals surface area contributed by atoms with Crippen molar-refractivity contribution in [1.82, 2.24) is 0 Å². The number of fused-ring (bicyclic) bond motifs is 5. The van der Waals surface area contributed by atoms with Gasteiger partial charge in [0.1, 0.15) is 17.8 Å². The number of aliphatic hydroxyl groups is 1. The summed E-state index contributed by atoms with van der Waals surface area (Å²) in [4.78, 5) is 23.9. The number of carbonyl (C=O) groups excluding carboxylic acids is 2. The first-order valence-corrected chi connectivity index (χ1v) is 14.9. The smallest absolute Gasteiger partial charge is 0.303 e. The Kier molecular flexibility index (Phi) is 7.93. The van der Waals surface area contributed by atoms with Crippen molar-refractivity contribution in [2.75, 3.05) is 0 Å². The lowest BCUT2D eigenvalue weighted by Gasteiger charge is -2.65. The van der Waals surface area contributed by atoms with E-state index in [9.17, 15) is 14.7 Å². The van der Waals surface area contributed by atoms with Crippen LogP contribution in [0, 0.1) is 46.3 Å². The second-order valence-electron chi connectivity index (χ2n) is 14.1. The molecule has 4 aliphatic rings. The lowest BCUT2D eigenvalue weighted by atomic mass is 9.42. The van der Waals surface area contributed by atoms with E-state index in [4.69, 9.17) is 9.47 Å². The molecule has 36 heavy (non-hydrogen) atoms. The summed E-state index contributed by atoms with van der Waals surface area (Å²) in [6.45, 7) is 14.8. The molecule has 0 amide bonds. The van der Waals surface area contributed by atoms with Crippen molar-refractivity contribution in [3.8, 4) is 0 Å². The molecule has 0 aromatic heterocycles. The van der Waals surface area contributed by atoms with Gasteiger partial charge >= 0.3 is 11.9 Å². The van der Waals surface area contributed by atoms with Crippen LogP contribution in [0.4, 0.5) is 0 Å². The van der Waals surface area contributed by atoms with Crippen molar-refractivity contribution in [1.29, 1.82) is 0 Å². The van der Waals surface area contributed by atoms with Crippen molar-refractivity contribution in [3.05, 3.63) is 0 Å². The molecule has 4 rings (SSSR count). The van der Waals surface area contributed by atoms with E-state index in [1.54, 1.807) is 0 Å². The van der Waals surface area contributed by atoms with Crippen LogP contribution in [0.1, 0.15) is 119 Å². The molecule has 4 saturated carbocycles. The lowest BCUT2D eigenvalue weighted by molar-refractivity contribution is -0.271. The van der Waals surface area contributed by atoms with Gasteiger partial charge in [-0.2, -0.15) is 0 Å². The topological polar surface area (TPSA) is 72.8 Å². The molecule has 0 saturated heterocycles. The Balaban J connectivity index is 1.59. The zero-order valence-electron chi connectivity index (χ0n) is 24.0. The average molecular weight is 505 g/mol. The van der Waals surface area contributed by atoms with Crippen molar-refractivity contribution in [2.24, 2.45) is 46.3 Å². The number of hydrogen-bond donors (Lipinski definition) is 1. The normalized spacial score (nSPS) is 44.8. The van der Waals surface area contributed by atoms with E-state index >= 15 is 0 Å². The maximum atomic E-state index is 12.3. The molecule has 0 unspecified atom stereocenters. The highest BCUT2D eigenvalue weighted by atomic mass is 16.6. The van der Waals surface area contributed by atoms with Gasteiger partial charge in [0.05, 0.1) is 0 Å². The molecule has 5 nitrogen and oxygen atoms in total. The van der Waals surface area contributed by atoms with Gasteiger partial charge in [-0.05, 0) is 85.9 Å². The van der Waals surface area contributed by atoms with Crippen molar-refractivity contribution >= 4 is 11.9 Å². The predicted octanol–water partition coefficient (Wildman–Crippen LogP) is 6.70. The van der Waals surface area contributed by atoms with Gasteiger partial charge in [0.15, 0.2) is 0 Å². The summed E-state index contributed by atoms with van der Waals surface area (Å²) in [5, 5.41) is 12.3. The zero-order valence-corrected chi connectivity index (χ0v) is 24.0. The summed E-state index contributed by atoms with van der Waals surface area (Å²) in [5.74, 6) is 3.15. The van der Waals surface area contributed by atoms with Gasteiger partial charge < -0.3 is 14.6 Å². The van der Waals surface area contributed by atoms with Gasteiger partial charge in [0.2, 0.25) is 0 Å². The van der Waals surface area contributed by atoms with E-state index in [2.05, 4.69) is 34.6 Å². The molecule has 0 heterocycles. The van der Waals surface area contributed by atoms with Crippen molar-refractivity contribution in [2.45, 2.75) is 137 Å². The van der Waals surface area contributed by atoms with Gasteiger partial charge in [0.25, 0.3) is 0 Å². The zero-order chi connectivity index (χ0) is 26.5. The molecule has 0 aromatic carbocycles. The van der Waals surface area contributed by atoms with Crippen LogP contribution >= 0.6 is 0 Å². The molecule has 0 bridgehead atoms. The lowest BCUT2D eigenvalue weighted by Crippen LogP contribution is -2.69. The minimum atomic E-state index is -1.16. The van der Waals surface area contributed by atoms with E-state index in [1.165, 1.54) is 52.4 Å². The average Bonchev–Trinajstić information content (AvgIpc) is 3.12. The number of carbonyl (C=O) groups is 2. The second-order valence-corrected chi connectivity index (χ2v) is 14.1. The highest BCUT2D eigenvalue weighted by molar-refractivity contribution is 5.66. The number of esters is 2. The molecule has 0 aliphatic heterocycles. The van der Waals surface area contributed by atoms with Crippen LogP contribution in [0.3, 0.4) is 0 Å². The first-order chi connectivity index (χ1) is 16.8. The molecule has 1 N–H and O–H groups in total. The molecule has 0 radical (unpaired) electrons. The standard InChI is InChI=1S/C31H52O5/c1-19(2)9-8-10-20(3)25-11-12-26-24-17-28(36-22(5)33)31(34)18-23(35-21(4)32)13-16-30(31,7)27(24)14-15-29(25,26)6/h19-20,23-28,34H,8-18H2,1-7H3/t20-,23+,24-,25+,26-,27-,28+,29-,30-,31+/m1/s1. The molecular weight excluding hydrogens is 452 g/mol. The summed E-state index contributed by atoms with van der Waals surface area (Å²) >= 11 is 0. The Morgan fingerprint density at radius 3 is 2.25 bits per heavy atom. The van der Waals surface area contributed by atoms with E-state index in [1.807, 2.05) is 0 Å². The first kappa shape index (κ1) is 27.9. The number of hydrogen-bond acceptors (Lipinski definition) is 5. The van der Waals surface area contributed by atoms with E-state index in [-0.39, 0.29) is 23.5 Å². The van der Waals surface area contributed by atoms with Crippen LogP contribution in [0.15, 0.2) is 0 Å². The Bertz CT molecular complexity index is 824. The second kappa shape index (κ2) is 10.2. The minimum Gasteiger partial charge on any atom is -0.462 e. The minimum absolute atomic E-state index is 0.308. The van der Waals surface area contributed by atoms with E-state index in [0.717, 1.165) is 43.4 Å². The Morgan fingerprint density at radius 2 is 1.61 bits per heavy atom. The van der Waals surface area contributed by atoms with Crippen molar-refractivity contribution in [3.63, 3.8) is 0 Å². The third-order valence-electron chi connectivity index (χ3n) is 11.6. The monoisotopic (exact) mass is 504 g/mol. The summed E-state index contributed by atoms with van der Waals surface area (Å²) in [7, 11) is 0. The van der Waals surface area contributed by atoms with E-state index in [0.29, 0.717) is 29.6 Å². The van der Waals surface area contributed by atoms with Crippen LogP contribution in [0.2, 0.25) is 0 Å². The third-order valence-corrected chi connectivity index (χ3v) is 11.6. The molecule has 4 aliphatic carbocycles. The predicted molar refractivity (Wildman–Crippen MR) is 141 cm³/mol. The number of ether oxygens (including phenoxy) is 2. The van der Waals surface area contributed by atoms with Crippen LogP contribution in [0.25, 0.3) is 0 Å². The molecular formula is C31H52O5. The van der Waals surface area contributed by atoms with Gasteiger partial charge in [-0.25, -0.2) is 0 Å². The Labute approximate surface area is 219 Å². The summed E-state index contributed by atoms with van der Waals surface area (Å²) in [6.07, 6.45) is 10.7. The van der Waals surface area contributed by atoms with E-state index < -0.39 is 11.7 Å². The molecule has 10 atom stereocenters. The first-order valence-electron chi connectivity index (χ1n) is 14.9. The molecule has 0 spiro atoms. The fraction of sp³-hybridized carbons (Fsp3) is 0.935. The van der Waals surface area contributed by atoms with Gasteiger partial charge in [-0.3, -0.25) is 9.59 Å². The fourth-order valence-electron chi connectivity index (χ4n) is 9.92. The van der Waals surface area contributed by atoms with Crippen LogP contribution in [-0.4, -0.2) is 34.9 Å². The third kappa shape index (κ3) is 4.76. The highest BCUT2D eigenvalue weighted by Gasteiger charge is 2.68. The van der Waals surface area contributed by atoms with Gasteiger partial charge in [-0.1, -0.05) is 53.9 Å². The maximum absolute atomic E-state index is 12.3. The molecule has 206 valence electrons. The summed E-state index contributed by atoms with van der Waals surface area (Å²) in [6, 6.07) is 0. The molecule has 5 heteroatoms. The number of rotatable bonds is 7. The van der Waals surface area contributed by atoms with Gasteiger partial charge in [0, 0.05) is 25.7 Å². The highest BCUT2D eigenvalue weighted by Crippen LogP contribution is 2.69. The maximum Gasteiger partial charge on any atom is 0.303 e. The Morgan fingerprint density at radius 1 is 0.917 bits per heavy atom. The summed E-state index contributed by atoms with van der Waals surface area (Å²) in [5.41, 5.74) is -1.16. The SMILES string of the molecule is CC(=O)O[C@H]1CC[C@]2(C)[C@@H]3CC[C@@]4(C)[C@H](CC[C@H]4[C@H](C)CCCC(C)C)[C@H]3C[C@H](OC(C)=O)[C@@]2(O)C1. The Hall–Kier alpha value is -1.10. The van der Waals surface area contributed by atoms with Crippen LogP contribution in [0.5, 0.6) is 0 Å². The fourth-order valence-corrected chi connectivity index (χ4v) is 9.92. The van der Waals surface area contributed by atoms with Crippen molar-refractivity contribution < 1.29 is 24.2 Å². The quantitative estimate of drug-likeness (QED) is 0.391. The van der Waals surface area contributed by atoms with Gasteiger partial charge in [-0.15, -0.1) is 0 Å².